The molecule has 2 aromatic rings. The normalized spacial score (nSPS) is 28.0. The highest BCUT2D eigenvalue weighted by Gasteiger charge is 2.59. The van der Waals surface area contributed by atoms with Crippen LogP contribution >= 0.6 is 19.4 Å². The van der Waals surface area contributed by atoms with Crippen LogP contribution in [-0.4, -0.2) is 52.5 Å². The second-order valence-electron chi connectivity index (χ2n) is 11.6. The minimum absolute atomic E-state index is 0.0597. The zero-order valence-corrected chi connectivity index (χ0v) is 28.3. The summed E-state index contributed by atoms with van der Waals surface area (Å²) in [5.41, 5.74) is -2.45. The number of carbonyl (C=O) groups is 2. The Kier molecular flexibility index (Phi) is 12.1. The number of hydrogen-bond donors (Lipinski definition) is 1. The number of benzene rings is 1. The molecular weight excluding hydrogens is 643 g/mol. The average Bonchev–Trinajstić information content (AvgIpc) is 3.28. The van der Waals surface area contributed by atoms with Gasteiger partial charge in [0.2, 0.25) is 0 Å². The monoisotopic (exact) mass is 684 g/mol. The molecule has 1 aromatic heterocycles. The van der Waals surface area contributed by atoms with Crippen molar-refractivity contribution in [3.8, 4) is 0 Å². The van der Waals surface area contributed by atoms with Crippen LogP contribution in [0.2, 0.25) is 5.02 Å². The van der Waals surface area contributed by atoms with Crippen LogP contribution in [0.1, 0.15) is 84.6 Å². The zero-order chi connectivity index (χ0) is 33.6. The Morgan fingerprint density at radius 1 is 1.07 bits per heavy atom. The van der Waals surface area contributed by atoms with E-state index in [9.17, 15) is 23.7 Å². The van der Waals surface area contributed by atoms with Crippen LogP contribution in [0.3, 0.4) is 0 Å². The first-order chi connectivity index (χ1) is 21.9. The van der Waals surface area contributed by atoms with E-state index in [4.69, 9.17) is 39.4 Å². The number of ether oxygens (including phenoxy) is 3. The molecule has 0 bridgehead atoms. The summed E-state index contributed by atoms with van der Waals surface area (Å²) >= 11 is 6.15. The van der Waals surface area contributed by atoms with Gasteiger partial charge < -0.3 is 14.2 Å². The number of phosphoric acid groups is 1. The molecule has 15 heteroatoms. The van der Waals surface area contributed by atoms with Crippen molar-refractivity contribution in [2.45, 2.75) is 96.9 Å². The Labute approximate surface area is 272 Å². The fourth-order valence-electron chi connectivity index (χ4n) is 5.59. The molecule has 2 saturated heterocycles. The summed E-state index contributed by atoms with van der Waals surface area (Å²) in [4.78, 5) is 53.7. The first-order valence-electron chi connectivity index (χ1n) is 15.6. The molecule has 3 heterocycles. The SMILES string of the molecule is CCC(CC)C(=O)O[C@H]1[C@H](n2ccc(=O)[nH]c2=O)O[C@](C)(COP2(=O)OCC[C@@H](c3cccc(Cl)c3)O2)[C@H]1OC(=O)C(CC)CC. The molecule has 0 radical (unpaired) electrons. The van der Waals surface area contributed by atoms with Crippen molar-refractivity contribution in [2.24, 2.45) is 11.8 Å². The van der Waals surface area contributed by atoms with Crippen molar-refractivity contribution in [1.82, 2.24) is 9.55 Å². The zero-order valence-electron chi connectivity index (χ0n) is 26.6. The fourth-order valence-corrected chi connectivity index (χ4v) is 7.27. The number of phosphoric ester groups is 1. The topological polar surface area (TPSA) is 161 Å². The summed E-state index contributed by atoms with van der Waals surface area (Å²) in [6.45, 7) is 8.44. The first kappa shape index (κ1) is 36.0. The van der Waals surface area contributed by atoms with Gasteiger partial charge in [-0.05, 0) is 50.3 Å². The molecule has 13 nitrogen and oxygen atoms in total. The maximum absolute atomic E-state index is 13.8. The molecule has 2 aliphatic rings. The van der Waals surface area contributed by atoms with Gasteiger partial charge in [-0.1, -0.05) is 51.4 Å². The minimum atomic E-state index is -4.20. The number of nitrogens with zero attached hydrogens (tertiary/aromatic N) is 1. The van der Waals surface area contributed by atoms with Crippen molar-refractivity contribution in [1.29, 1.82) is 0 Å². The lowest BCUT2D eigenvalue weighted by Gasteiger charge is -2.34. The quantitative estimate of drug-likeness (QED) is 0.210. The molecule has 2 aliphatic heterocycles. The van der Waals surface area contributed by atoms with Gasteiger partial charge >= 0.3 is 25.5 Å². The molecule has 0 spiro atoms. The predicted octanol–water partition coefficient (Wildman–Crippen LogP) is 5.48. The lowest BCUT2D eigenvalue weighted by Crippen LogP contribution is -2.49. The van der Waals surface area contributed by atoms with Crippen molar-refractivity contribution in [3.05, 3.63) is 68.0 Å². The second-order valence-corrected chi connectivity index (χ2v) is 13.7. The van der Waals surface area contributed by atoms with Crippen molar-refractivity contribution in [2.75, 3.05) is 13.2 Å². The van der Waals surface area contributed by atoms with Gasteiger partial charge in [-0.2, -0.15) is 0 Å². The van der Waals surface area contributed by atoms with Gasteiger partial charge in [0, 0.05) is 23.7 Å². The Morgan fingerprint density at radius 3 is 2.33 bits per heavy atom. The van der Waals surface area contributed by atoms with Crippen molar-refractivity contribution >= 4 is 31.4 Å². The third-order valence-electron chi connectivity index (χ3n) is 8.45. The molecular formula is C31H42ClN2O11P. The predicted molar refractivity (Wildman–Crippen MR) is 167 cm³/mol. The third-order valence-corrected chi connectivity index (χ3v) is 10.1. The van der Waals surface area contributed by atoms with Crippen molar-refractivity contribution in [3.63, 3.8) is 0 Å². The van der Waals surface area contributed by atoms with Crippen LogP contribution in [0.5, 0.6) is 0 Å². The van der Waals surface area contributed by atoms with E-state index in [1.54, 1.807) is 24.3 Å². The van der Waals surface area contributed by atoms with E-state index in [1.165, 1.54) is 13.1 Å². The van der Waals surface area contributed by atoms with E-state index < -0.39 is 79.6 Å². The highest BCUT2D eigenvalue weighted by Crippen LogP contribution is 2.58. The molecule has 6 atom stereocenters. The fraction of sp³-hybridized carbons (Fsp3) is 0.613. The summed E-state index contributed by atoms with van der Waals surface area (Å²) in [7, 11) is -4.20. The largest absolute Gasteiger partial charge is 0.475 e. The minimum Gasteiger partial charge on any atom is -0.455 e. The van der Waals surface area contributed by atoms with Gasteiger partial charge in [0.15, 0.2) is 18.4 Å². The van der Waals surface area contributed by atoms with Crippen LogP contribution in [-0.2, 0) is 41.9 Å². The molecule has 0 amide bonds. The molecule has 254 valence electrons. The van der Waals surface area contributed by atoms with Gasteiger partial charge in [0.05, 0.1) is 31.2 Å². The molecule has 0 aliphatic carbocycles. The third kappa shape index (κ3) is 8.18. The van der Waals surface area contributed by atoms with E-state index in [-0.39, 0.29) is 6.61 Å². The highest BCUT2D eigenvalue weighted by molar-refractivity contribution is 7.48. The van der Waals surface area contributed by atoms with Crippen molar-refractivity contribution < 1.29 is 41.9 Å². The van der Waals surface area contributed by atoms with E-state index >= 15 is 0 Å². The molecule has 0 saturated carbocycles. The second kappa shape index (κ2) is 15.4. The Morgan fingerprint density at radius 2 is 1.72 bits per heavy atom. The van der Waals surface area contributed by atoms with Gasteiger partial charge in [-0.25, -0.2) is 9.36 Å². The summed E-state index contributed by atoms with van der Waals surface area (Å²) in [6, 6.07) is 8.04. The first-order valence-corrected chi connectivity index (χ1v) is 17.4. The highest BCUT2D eigenvalue weighted by atomic mass is 35.5. The lowest BCUT2D eigenvalue weighted by atomic mass is 9.96. The molecule has 4 rings (SSSR count). The number of aromatic nitrogens is 2. The summed E-state index contributed by atoms with van der Waals surface area (Å²) in [5.74, 6) is -2.10. The van der Waals surface area contributed by atoms with Gasteiger partial charge in [-0.15, -0.1) is 0 Å². The van der Waals surface area contributed by atoms with Gasteiger partial charge in [0.1, 0.15) is 5.60 Å². The number of carbonyl (C=O) groups excluding carboxylic acids is 2. The van der Waals surface area contributed by atoms with E-state index in [1.807, 2.05) is 27.7 Å². The molecule has 1 N–H and O–H groups in total. The number of H-pyrrole nitrogens is 1. The van der Waals surface area contributed by atoms with Crippen LogP contribution in [0.4, 0.5) is 0 Å². The maximum Gasteiger partial charge on any atom is 0.475 e. The van der Waals surface area contributed by atoms with E-state index in [0.717, 1.165) is 10.6 Å². The number of nitrogens with one attached hydrogen (secondary N) is 1. The molecule has 1 unspecified atom stereocenters. The molecule has 1 aromatic carbocycles. The molecule has 46 heavy (non-hydrogen) atoms. The van der Waals surface area contributed by atoms with Gasteiger partial charge in [0.25, 0.3) is 5.56 Å². The average molecular weight is 685 g/mol. The Hall–Kier alpha value is -2.80. The van der Waals surface area contributed by atoms with Crippen LogP contribution < -0.4 is 11.2 Å². The summed E-state index contributed by atoms with van der Waals surface area (Å²) in [6.07, 6.45) is -1.15. The Bertz CT molecular complexity index is 1540. The Balaban J connectivity index is 1.70. The smallest absolute Gasteiger partial charge is 0.455 e. The maximum atomic E-state index is 13.8. The number of aromatic amines is 1. The number of rotatable bonds is 13. The summed E-state index contributed by atoms with van der Waals surface area (Å²) in [5, 5.41) is 0.481. The van der Waals surface area contributed by atoms with E-state index in [2.05, 4.69) is 4.98 Å². The number of esters is 2. The summed E-state index contributed by atoms with van der Waals surface area (Å²) < 4.78 is 50.3. The number of halogens is 1. The van der Waals surface area contributed by atoms with Crippen LogP contribution in [0.15, 0.2) is 46.1 Å². The lowest BCUT2D eigenvalue weighted by molar-refractivity contribution is -0.177. The molecule has 2 fully saturated rings. The van der Waals surface area contributed by atoms with E-state index in [0.29, 0.717) is 42.7 Å². The van der Waals surface area contributed by atoms with Crippen LogP contribution in [0, 0.1) is 11.8 Å². The number of hydrogen-bond acceptors (Lipinski definition) is 11. The van der Waals surface area contributed by atoms with Crippen LogP contribution in [0.25, 0.3) is 0 Å². The van der Waals surface area contributed by atoms with Gasteiger partial charge in [-0.3, -0.25) is 37.5 Å². The standard InChI is InChI=1S/C31H42ClN2O11P/c1-6-19(7-2)28(36)42-25-26(43-29(37)20(8-3)9-4)31(5,44-27(25)34-15-13-24(35)33-30(34)38)18-41-46(39)40-16-14-23(45-46)21-11-10-12-22(32)17-21/h10-13,15,17,19-20,23,25-27H,6-9,14,16,18H2,1-5H3,(H,33,35,38)/t23-,25+,26-,27+,31+,46?/m0/s1.